The summed E-state index contributed by atoms with van der Waals surface area (Å²) in [5.41, 5.74) is 2.86. The molecule has 0 radical (unpaired) electrons. The Hall–Kier alpha value is -3.41. The van der Waals surface area contributed by atoms with E-state index in [1.807, 2.05) is 60.8 Å². The Morgan fingerprint density at radius 1 is 1.08 bits per heavy atom. The number of H-pyrrole nitrogens is 1. The quantitative estimate of drug-likeness (QED) is 0.587. The molecule has 2 aromatic heterocycles. The van der Waals surface area contributed by atoms with Crippen molar-refractivity contribution in [2.75, 3.05) is 0 Å². The van der Waals surface area contributed by atoms with Crippen LogP contribution in [0.3, 0.4) is 0 Å². The number of fused-ring (bicyclic) bond motifs is 1. The summed E-state index contributed by atoms with van der Waals surface area (Å²) in [7, 11) is 0. The molecule has 6 heteroatoms. The van der Waals surface area contributed by atoms with Gasteiger partial charge in [0.1, 0.15) is 6.61 Å². The first kappa shape index (κ1) is 14.2. The molecule has 0 unspecified atom stereocenters. The van der Waals surface area contributed by atoms with Gasteiger partial charge >= 0.3 is 5.97 Å². The molecule has 0 aliphatic carbocycles. The van der Waals surface area contributed by atoms with Gasteiger partial charge in [0.05, 0.1) is 17.4 Å². The van der Waals surface area contributed by atoms with Gasteiger partial charge in [-0.15, -0.1) is 0 Å². The van der Waals surface area contributed by atoms with E-state index in [0.29, 0.717) is 5.69 Å². The molecule has 0 aliphatic rings. The molecule has 6 nitrogen and oxygen atoms in total. The van der Waals surface area contributed by atoms with Crippen LogP contribution in [0.2, 0.25) is 0 Å². The maximum atomic E-state index is 12.2. The molecule has 0 aliphatic heterocycles. The van der Waals surface area contributed by atoms with Crippen LogP contribution in [-0.4, -0.2) is 25.9 Å². The zero-order valence-corrected chi connectivity index (χ0v) is 12.7. The van der Waals surface area contributed by atoms with Crippen LogP contribution >= 0.6 is 0 Å². The lowest BCUT2D eigenvalue weighted by Gasteiger charge is -2.01. The highest BCUT2D eigenvalue weighted by Gasteiger charge is 2.15. The van der Waals surface area contributed by atoms with Crippen molar-refractivity contribution < 1.29 is 9.53 Å². The highest BCUT2D eigenvalue weighted by atomic mass is 16.5. The summed E-state index contributed by atoms with van der Waals surface area (Å²) >= 11 is 0. The van der Waals surface area contributed by atoms with Gasteiger partial charge in [-0.1, -0.05) is 36.4 Å². The molecule has 4 aromatic rings. The molecule has 2 heterocycles. The van der Waals surface area contributed by atoms with Crippen LogP contribution in [0.4, 0.5) is 0 Å². The molecule has 118 valence electrons. The first-order valence-corrected chi connectivity index (χ1v) is 7.50. The molecule has 0 spiro atoms. The zero-order valence-electron chi connectivity index (χ0n) is 12.7. The van der Waals surface area contributed by atoms with E-state index in [1.54, 1.807) is 10.9 Å². The van der Waals surface area contributed by atoms with E-state index >= 15 is 0 Å². The summed E-state index contributed by atoms with van der Waals surface area (Å²) in [5.74, 6) is -0.458. The van der Waals surface area contributed by atoms with Gasteiger partial charge in [-0.25, -0.2) is 9.48 Å². The fraction of sp³-hybridized carbons (Fsp3) is 0.0556. The molecule has 0 fully saturated rings. The standard InChI is InChI=1S/C18H14N4O2/c23-18(17-15-8-4-5-9-16(15)20-21-17)24-12-13-10-19-22(11-13)14-6-2-1-3-7-14/h1-11H,12H2,(H,20,21). The van der Waals surface area contributed by atoms with Crippen molar-refractivity contribution in [3.63, 3.8) is 0 Å². The van der Waals surface area contributed by atoms with Gasteiger partial charge in [0.2, 0.25) is 0 Å². The Balaban J connectivity index is 1.47. The number of ether oxygens (including phenoxy) is 1. The van der Waals surface area contributed by atoms with Gasteiger partial charge in [-0.05, 0) is 18.2 Å². The minimum Gasteiger partial charge on any atom is -0.456 e. The number of esters is 1. The Morgan fingerprint density at radius 3 is 2.75 bits per heavy atom. The molecule has 0 amide bonds. The normalized spacial score (nSPS) is 10.8. The monoisotopic (exact) mass is 318 g/mol. The lowest BCUT2D eigenvalue weighted by atomic mass is 10.2. The number of rotatable bonds is 4. The molecule has 0 atom stereocenters. The van der Waals surface area contributed by atoms with E-state index in [-0.39, 0.29) is 6.61 Å². The topological polar surface area (TPSA) is 72.8 Å². The fourth-order valence-corrected chi connectivity index (χ4v) is 2.49. The molecule has 0 bridgehead atoms. The number of hydrogen-bond acceptors (Lipinski definition) is 4. The third kappa shape index (κ3) is 2.65. The van der Waals surface area contributed by atoms with Gasteiger partial charge in [0.25, 0.3) is 0 Å². The second-order valence-corrected chi connectivity index (χ2v) is 5.32. The Labute approximate surface area is 137 Å². The van der Waals surface area contributed by atoms with Gasteiger partial charge in [0.15, 0.2) is 5.69 Å². The van der Waals surface area contributed by atoms with Crippen molar-refractivity contribution >= 4 is 16.9 Å². The highest BCUT2D eigenvalue weighted by Crippen LogP contribution is 2.16. The summed E-state index contributed by atoms with van der Waals surface area (Å²) in [6.45, 7) is 0.146. The molecule has 24 heavy (non-hydrogen) atoms. The maximum absolute atomic E-state index is 12.2. The van der Waals surface area contributed by atoms with Crippen LogP contribution < -0.4 is 0 Å². The fourth-order valence-electron chi connectivity index (χ4n) is 2.49. The molecule has 0 saturated heterocycles. The van der Waals surface area contributed by atoms with Crippen molar-refractivity contribution in [2.24, 2.45) is 0 Å². The van der Waals surface area contributed by atoms with E-state index in [0.717, 1.165) is 22.2 Å². The molecule has 1 N–H and O–H groups in total. The van der Waals surface area contributed by atoms with Gasteiger partial charge in [-0.3, -0.25) is 5.10 Å². The number of para-hydroxylation sites is 2. The van der Waals surface area contributed by atoms with Crippen molar-refractivity contribution in [1.29, 1.82) is 0 Å². The lowest BCUT2D eigenvalue weighted by molar-refractivity contribution is 0.0468. The predicted molar refractivity (Wildman–Crippen MR) is 88.8 cm³/mol. The van der Waals surface area contributed by atoms with Crippen molar-refractivity contribution in [3.05, 3.63) is 78.2 Å². The smallest absolute Gasteiger partial charge is 0.359 e. The average Bonchev–Trinajstić information content (AvgIpc) is 3.27. The summed E-state index contributed by atoms with van der Waals surface area (Å²) < 4.78 is 7.10. The molecule has 2 aromatic carbocycles. The Kier molecular flexibility index (Phi) is 3.55. The summed E-state index contributed by atoms with van der Waals surface area (Å²) in [6, 6.07) is 17.2. The molecule has 4 rings (SSSR count). The number of aromatic amines is 1. The third-order valence-electron chi connectivity index (χ3n) is 3.69. The number of nitrogens with one attached hydrogen (secondary N) is 1. The molecular weight excluding hydrogens is 304 g/mol. The van der Waals surface area contributed by atoms with Crippen LogP contribution in [0.1, 0.15) is 16.1 Å². The first-order valence-electron chi connectivity index (χ1n) is 7.50. The number of nitrogens with zero attached hydrogens (tertiary/aromatic N) is 3. The minimum absolute atomic E-state index is 0.146. The number of carbonyl (C=O) groups is 1. The summed E-state index contributed by atoms with van der Waals surface area (Å²) in [6.07, 6.45) is 3.52. The summed E-state index contributed by atoms with van der Waals surface area (Å²) in [5, 5.41) is 11.9. The Morgan fingerprint density at radius 2 is 1.88 bits per heavy atom. The number of aromatic nitrogens is 4. The molecular formula is C18H14N4O2. The van der Waals surface area contributed by atoms with Gasteiger partial charge in [0, 0.05) is 17.1 Å². The number of carbonyl (C=O) groups excluding carboxylic acids is 1. The number of benzene rings is 2. The van der Waals surface area contributed by atoms with Gasteiger partial charge in [-0.2, -0.15) is 10.2 Å². The Bertz CT molecular complexity index is 988. The average molecular weight is 318 g/mol. The van der Waals surface area contributed by atoms with E-state index in [9.17, 15) is 4.79 Å². The number of hydrogen-bond donors (Lipinski definition) is 1. The second-order valence-electron chi connectivity index (χ2n) is 5.32. The van der Waals surface area contributed by atoms with E-state index < -0.39 is 5.97 Å². The lowest BCUT2D eigenvalue weighted by Crippen LogP contribution is -2.06. The predicted octanol–water partition coefficient (Wildman–Crippen LogP) is 3.11. The highest BCUT2D eigenvalue weighted by molar-refractivity contribution is 6.01. The van der Waals surface area contributed by atoms with Crippen molar-refractivity contribution in [3.8, 4) is 5.69 Å². The van der Waals surface area contributed by atoms with Crippen molar-refractivity contribution in [1.82, 2.24) is 20.0 Å². The van der Waals surface area contributed by atoms with Crippen LogP contribution in [0.5, 0.6) is 0 Å². The maximum Gasteiger partial charge on any atom is 0.359 e. The van der Waals surface area contributed by atoms with Crippen molar-refractivity contribution in [2.45, 2.75) is 6.61 Å². The van der Waals surface area contributed by atoms with Crippen LogP contribution in [-0.2, 0) is 11.3 Å². The molecule has 0 saturated carbocycles. The summed E-state index contributed by atoms with van der Waals surface area (Å²) in [4.78, 5) is 12.2. The van der Waals surface area contributed by atoms with E-state index in [1.165, 1.54) is 0 Å². The van der Waals surface area contributed by atoms with Crippen LogP contribution in [0.25, 0.3) is 16.6 Å². The van der Waals surface area contributed by atoms with E-state index in [4.69, 9.17) is 4.74 Å². The zero-order chi connectivity index (χ0) is 16.4. The van der Waals surface area contributed by atoms with E-state index in [2.05, 4.69) is 15.3 Å². The minimum atomic E-state index is -0.458. The largest absolute Gasteiger partial charge is 0.456 e. The third-order valence-corrected chi connectivity index (χ3v) is 3.69. The SMILES string of the molecule is O=C(OCc1cnn(-c2ccccc2)c1)c1n[nH]c2ccccc12. The van der Waals surface area contributed by atoms with Crippen LogP contribution in [0.15, 0.2) is 67.0 Å². The second kappa shape index (κ2) is 6.00. The van der Waals surface area contributed by atoms with Gasteiger partial charge < -0.3 is 4.74 Å². The first-order chi connectivity index (χ1) is 11.8. The van der Waals surface area contributed by atoms with Crippen LogP contribution in [0, 0.1) is 0 Å².